The van der Waals surface area contributed by atoms with Crippen LogP contribution in [0.25, 0.3) is 0 Å². The van der Waals surface area contributed by atoms with Gasteiger partial charge in [0.25, 0.3) is 0 Å². The number of rotatable bonds is 1. The van der Waals surface area contributed by atoms with Crippen molar-refractivity contribution in [3.8, 4) is 0 Å². The average Bonchev–Trinajstić information content (AvgIpc) is 2.52. The molecule has 5 nitrogen and oxygen atoms in total. The Hall–Kier alpha value is -1.26. The third kappa shape index (κ3) is 3.15. The summed E-state index contributed by atoms with van der Waals surface area (Å²) >= 11 is 0. The number of hydrogen-bond acceptors (Lipinski definition) is 4. The average molecular weight is 257 g/mol. The summed E-state index contributed by atoms with van der Waals surface area (Å²) < 4.78 is 10.1. The van der Waals surface area contributed by atoms with E-state index in [1.54, 1.807) is 0 Å². The molecule has 1 aliphatic rings. The number of methoxy groups -OCH3 is 1. The number of likely N-dealkylation sites (tertiary alicyclic amines) is 1. The molecule has 1 saturated heterocycles. The third-order valence-corrected chi connectivity index (χ3v) is 3.27. The molecule has 0 bridgehead atoms. The predicted molar refractivity (Wildman–Crippen MR) is 67.1 cm³/mol. The van der Waals surface area contributed by atoms with Crippen LogP contribution in [0, 0.1) is 5.92 Å². The first-order chi connectivity index (χ1) is 8.17. The SMILES string of the molecule is COC(=O)[C@@H]1C[C@H](C)[C@@H](C)N1C(=O)OC(C)(C)C. The van der Waals surface area contributed by atoms with Gasteiger partial charge in [-0.05, 0) is 40.0 Å². The van der Waals surface area contributed by atoms with Crippen molar-refractivity contribution in [2.45, 2.75) is 58.7 Å². The first-order valence-corrected chi connectivity index (χ1v) is 6.26. The van der Waals surface area contributed by atoms with Gasteiger partial charge in [0.2, 0.25) is 0 Å². The van der Waals surface area contributed by atoms with E-state index in [1.165, 1.54) is 12.0 Å². The van der Waals surface area contributed by atoms with Crippen molar-refractivity contribution in [2.24, 2.45) is 5.92 Å². The van der Waals surface area contributed by atoms with Gasteiger partial charge in [0, 0.05) is 6.04 Å². The van der Waals surface area contributed by atoms with Crippen molar-refractivity contribution in [2.75, 3.05) is 7.11 Å². The molecule has 0 aliphatic carbocycles. The van der Waals surface area contributed by atoms with Crippen LogP contribution in [0.3, 0.4) is 0 Å². The molecule has 1 aliphatic heterocycles. The Balaban J connectivity index is 2.88. The van der Waals surface area contributed by atoms with Gasteiger partial charge in [0.05, 0.1) is 7.11 Å². The summed E-state index contributed by atoms with van der Waals surface area (Å²) in [5, 5.41) is 0. The van der Waals surface area contributed by atoms with Gasteiger partial charge in [-0.1, -0.05) is 6.92 Å². The van der Waals surface area contributed by atoms with Gasteiger partial charge in [-0.15, -0.1) is 0 Å². The number of ether oxygens (including phenoxy) is 2. The van der Waals surface area contributed by atoms with Gasteiger partial charge in [0.1, 0.15) is 11.6 Å². The van der Waals surface area contributed by atoms with Gasteiger partial charge in [-0.2, -0.15) is 0 Å². The minimum atomic E-state index is -0.566. The number of hydrogen-bond donors (Lipinski definition) is 0. The van der Waals surface area contributed by atoms with Crippen molar-refractivity contribution in [3.05, 3.63) is 0 Å². The lowest BCUT2D eigenvalue weighted by atomic mass is 10.0. The Bertz CT molecular complexity index is 334. The van der Waals surface area contributed by atoms with E-state index in [4.69, 9.17) is 9.47 Å². The zero-order chi connectivity index (χ0) is 14.1. The van der Waals surface area contributed by atoms with Crippen molar-refractivity contribution in [1.29, 1.82) is 0 Å². The molecular formula is C13H23NO4. The Morgan fingerprint density at radius 3 is 2.22 bits per heavy atom. The molecule has 0 radical (unpaired) electrons. The maximum Gasteiger partial charge on any atom is 0.411 e. The maximum absolute atomic E-state index is 12.1. The Kier molecular flexibility index (Phi) is 4.24. The molecule has 0 unspecified atom stereocenters. The van der Waals surface area contributed by atoms with E-state index in [9.17, 15) is 9.59 Å². The number of amides is 1. The Morgan fingerprint density at radius 1 is 1.22 bits per heavy atom. The largest absolute Gasteiger partial charge is 0.467 e. The second-order valence-electron chi connectivity index (χ2n) is 5.88. The van der Waals surface area contributed by atoms with E-state index in [1.807, 2.05) is 34.6 Å². The minimum absolute atomic E-state index is 0.0241. The smallest absolute Gasteiger partial charge is 0.411 e. The summed E-state index contributed by atoms with van der Waals surface area (Å²) in [5.74, 6) is -0.126. The molecule has 0 N–H and O–H groups in total. The summed E-state index contributed by atoms with van der Waals surface area (Å²) in [6.45, 7) is 9.37. The summed E-state index contributed by atoms with van der Waals surface area (Å²) in [6, 6.07) is -0.557. The molecule has 1 amide bonds. The van der Waals surface area contributed by atoms with E-state index in [0.717, 1.165) is 0 Å². The Morgan fingerprint density at radius 2 is 1.78 bits per heavy atom. The van der Waals surface area contributed by atoms with Crippen LogP contribution in [-0.4, -0.2) is 41.8 Å². The van der Waals surface area contributed by atoms with Crippen LogP contribution in [0.15, 0.2) is 0 Å². The molecule has 3 atom stereocenters. The van der Waals surface area contributed by atoms with Crippen LogP contribution in [0.5, 0.6) is 0 Å². The Labute approximate surface area is 108 Å². The topological polar surface area (TPSA) is 55.8 Å². The fraction of sp³-hybridized carbons (Fsp3) is 0.846. The van der Waals surface area contributed by atoms with Gasteiger partial charge < -0.3 is 9.47 Å². The molecular weight excluding hydrogens is 234 g/mol. The summed E-state index contributed by atoms with van der Waals surface area (Å²) in [4.78, 5) is 25.4. The van der Waals surface area contributed by atoms with Crippen molar-refractivity contribution < 1.29 is 19.1 Å². The lowest BCUT2D eigenvalue weighted by molar-refractivity contribution is -0.146. The van der Waals surface area contributed by atoms with Crippen LogP contribution in [-0.2, 0) is 14.3 Å². The molecule has 18 heavy (non-hydrogen) atoms. The lowest BCUT2D eigenvalue weighted by Gasteiger charge is -2.30. The van der Waals surface area contributed by atoms with Crippen LogP contribution >= 0.6 is 0 Å². The second kappa shape index (κ2) is 5.16. The number of esters is 1. The molecule has 5 heteroatoms. The molecule has 1 rings (SSSR count). The number of carbonyl (C=O) groups is 2. The highest BCUT2D eigenvalue weighted by atomic mass is 16.6. The standard InChI is InChI=1S/C13H23NO4/c1-8-7-10(11(15)17-6)14(9(8)2)12(16)18-13(3,4)5/h8-10H,7H2,1-6H3/t8-,9+,10-/m0/s1. The van der Waals surface area contributed by atoms with Gasteiger partial charge in [-0.25, -0.2) is 9.59 Å². The highest BCUT2D eigenvalue weighted by Crippen LogP contribution is 2.31. The number of nitrogens with zero attached hydrogens (tertiary/aromatic N) is 1. The summed E-state index contributed by atoms with van der Waals surface area (Å²) in [7, 11) is 1.34. The summed E-state index contributed by atoms with van der Waals surface area (Å²) in [5.41, 5.74) is -0.566. The number of carbonyl (C=O) groups excluding carboxylic acids is 2. The fourth-order valence-electron chi connectivity index (χ4n) is 2.17. The molecule has 0 aromatic rings. The highest BCUT2D eigenvalue weighted by molar-refractivity contribution is 5.82. The first-order valence-electron chi connectivity index (χ1n) is 6.26. The molecule has 0 saturated carbocycles. The van der Waals surface area contributed by atoms with Gasteiger partial charge in [0.15, 0.2) is 0 Å². The highest BCUT2D eigenvalue weighted by Gasteiger charge is 2.45. The monoisotopic (exact) mass is 257 g/mol. The molecule has 1 fully saturated rings. The van der Waals surface area contributed by atoms with E-state index in [0.29, 0.717) is 6.42 Å². The maximum atomic E-state index is 12.1. The van der Waals surface area contributed by atoms with E-state index < -0.39 is 17.7 Å². The van der Waals surface area contributed by atoms with Crippen molar-refractivity contribution >= 4 is 12.1 Å². The normalized spacial score (nSPS) is 28.1. The summed E-state index contributed by atoms with van der Waals surface area (Å²) in [6.07, 6.45) is 0.169. The first kappa shape index (κ1) is 14.8. The van der Waals surface area contributed by atoms with E-state index in [-0.39, 0.29) is 17.9 Å². The zero-order valence-electron chi connectivity index (χ0n) is 12.0. The van der Waals surface area contributed by atoms with Gasteiger partial charge in [-0.3, -0.25) is 4.90 Å². The minimum Gasteiger partial charge on any atom is -0.467 e. The van der Waals surface area contributed by atoms with Crippen molar-refractivity contribution in [1.82, 2.24) is 4.90 Å². The van der Waals surface area contributed by atoms with Crippen LogP contribution in [0.1, 0.15) is 41.0 Å². The molecule has 104 valence electrons. The van der Waals surface area contributed by atoms with E-state index in [2.05, 4.69) is 0 Å². The van der Waals surface area contributed by atoms with E-state index >= 15 is 0 Å². The predicted octanol–water partition coefficient (Wildman–Crippen LogP) is 2.19. The zero-order valence-corrected chi connectivity index (χ0v) is 12.0. The van der Waals surface area contributed by atoms with Crippen LogP contribution < -0.4 is 0 Å². The molecule has 0 aromatic heterocycles. The molecule has 0 aromatic carbocycles. The third-order valence-electron chi connectivity index (χ3n) is 3.27. The fourth-order valence-corrected chi connectivity index (χ4v) is 2.17. The molecule has 1 heterocycles. The van der Waals surface area contributed by atoms with Crippen molar-refractivity contribution in [3.63, 3.8) is 0 Å². The van der Waals surface area contributed by atoms with Crippen LogP contribution in [0.2, 0.25) is 0 Å². The molecule has 0 spiro atoms. The van der Waals surface area contributed by atoms with Crippen LogP contribution in [0.4, 0.5) is 4.79 Å². The quantitative estimate of drug-likeness (QED) is 0.676. The lowest BCUT2D eigenvalue weighted by Crippen LogP contribution is -2.47. The second-order valence-corrected chi connectivity index (χ2v) is 5.88. The van der Waals surface area contributed by atoms with Gasteiger partial charge >= 0.3 is 12.1 Å².